The summed E-state index contributed by atoms with van der Waals surface area (Å²) in [5.41, 5.74) is 1.67. The fraction of sp³-hybridized carbons (Fsp3) is 0.214. The molecule has 0 spiro atoms. The number of carbonyl (C=O) groups is 1. The van der Waals surface area contributed by atoms with Crippen LogP contribution < -0.4 is 14.8 Å². The number of rotatable bonds is 4. The third-order valence-electron chi connectivity index (χ3n) is 2.61. The molecule has 0 saturated heterocycles. The molecule has 0 aliphatic carbocycles. The van der Waals surface area contributed by atoms with Gasteiger partial charge in [-0.15, -0.1) is 11.3 Å². The maximum Gasteiger partial charge on any atom is 0.265 e. The molecule has 5 heteroatoms. The van der Waals surface area contributed by atoms with E-state index in [0.717, 1.165) is 5.56 Å². The van der Waals surface area contributed by atoms with Gasteiger partial charge in [0.05, 0.1) is 24.8 Å². The molecule has 0 aliphatic rings. The summed E-state index contributed by atoms with van der Waals surface area (Å²) < 4.78 is 10.4. The Morgan fingerprint density at radius 3 is 2.58 bits per heavy atom. The first kappa shape index (κ1) is 13.4. The van der Waals surface area contributed by atoms with Crippen molar-refractivity contribution in [3.8, 4) is 11.5 Å². The Labute approximate surface area is 116 Å². The number of carbonyl (C=O) groups excluding carboxylic acids is 1. The summed E-state index contributed by atoms with van der Waals surface area (Å²) >= 11 is 1.42. The van der Waals surface area contributed by atoms with Crippen LogP contribution in [0.1, 0.15) is 15.2 Å². The van der Waals surface area contributed by atoms with E-state index in [2.05, 4.69) is 5.32 Å². The van der Waals surface area contributed by atoms with E-state index in [1.165, 1.54) is 11.3 Å². The fourth-order valence-electron chi connectivity index (χ4n) is 1.65. The molecule has 1 aromatic carbocycles. The standard InChI is InChI=1S/C14H15NO3S/c1-9-6-13(19-8-9)14(16)15-11-7-10(17-2)4-5-12(11)18-3/h4-8H,1-3H3,(H,15,16). The molecule has 19 heavy (non-hydrogen) atoms. The van der Waals surface area contributed by atoms with E-state index < -0.39 is 0 Å². The predicted octanol–water partition coefficient (Wildman–Crippen LogP) is 3.33. The Bertz CT molecular complexity index is 592. The normalized spacial score (nSPS) is 10.1. The Hall–Kier alpha value is -2.01. The van der Waals surface area contributed by atoms with Crippen LogP contribution in [-0.2, 0) is 0 Å². The molecule has 0 atom stereocenters. The minimum absolute atomic E-state index is 0.148. The van der Waals surface area contributed by atoms with Crippen LogP contribution in [0.2, 0.25) is 0 Å². The van der Waals surface area contributed by atoms with Crippen LogP contribution in [0.25, 0.3) is 0 Å². The van der Waals surface area contributed by atoms with Crippen molar-refractivity contribution in [2.75, 3.05) is 19.5 Å². The topological polar surface area (TPSA) is 47.6 Å². The molecule has 1 N–H and O–H groups in total. The molecule has 100 valence electrons. The van der Waals surface area contributed by atoms with E-state index >= 15 is 0 Å². The summed E-state index contributed by atoms with van der Waals surface area (Å²) in [6.07, 6.45) is 0. The summed E-state index contributed by atoms with van der Waals surface area (Å²) in [7, 11) is 3.14. The maximum atomic E-state index is 12.1. The lowest BCUT2D eigenvalue weighted by Crippen LogP contribution is -2.11. The second-order valence-electron chi connectivity index (χ2n) is 4.01. The molecule has 1 amide bonds. The Morgan fingerprint density at radius 1 is 1.21 bits per heavy atom. The average Bonchev–Trinajstić information content (AvgIpc) is 2.85. The lowest BCUT2D eigenvalue weighted by molar-refractivity contribution is 0.103. The van der Waals surface area contributed by atoms with Gasteiger partial charge in [-0.25, -0.2) is 0 Å². The van der Waals surface area contributed by atoms with E-state index in [1.807, 2.05) is 18.4 Å². The van der Waals surface area contributed by atoms with Crippen molar-refractivity contribution < 1.29 is 14.3 Å². The summed E-state index contributed by atoms with van der Waals surface area (Å²) in [5.74, 6) is 1.12. The van der Waals surface area contributed by atoms with E-state index in [0.29, 0.717) is 22.1 Å². The van der Waals surface area contributed by atoms with Gasteiger partial charge in [0.2, 0.25) is 0 Å². The highest BCUT2D eigenvalue weighted by Gasteiger charge is 2.12. The van der Waals surface area contributed by atoms with Gasteiger partial charge >= 0.3 is 0 Å². The van der Waals surface area contributed by atoms with Crippen molar-refractivity contribution in [3.63, 3.8) is 0 Å². The van der Waals surface area contributed by atoms with Crippen LogP contribution in [0.3, 0.4) is 0 Å². The van der Waals surface area contributed by atoms with Crippen LogP contribution in [0.4, 0.5) is 5.69 Å². The zero-order valence-electron chi connectivity index (χ0n) is 11.0. The smallest absolute Gasteiger partial charge is 0.265 e. The zero-order valence-corrected chi connectivity index (χ0v) is 11.8. The highest BCUT2D eigenvalue weighted by molar-refractivity contribution is 7.12. The summed E-state index contributed by atoms with van der Waals surface area (Å²) in [4.78, 5) is 12.8. The minimum atomic E-state index is -0.148. The Balaban J connectivity index is 2.24. The van der Waals surface area contributed by atoms with Crippen molar-refractivity contribution >= 4 is 22.9 Å². The van der Waals surface area contributed by atoms with Gasteiger partial charge in [-0.3, -0.25) is 4.79 Å². The summed E-state index contributed by atoms with van der Waals surface area (Å²) in [6, 6.07) is 7.13. The molecule has 4 nitrogen and oxygen atoms in total. The van der Waals surface area contributed by atoms with Crippen molar-refractivity contribution in [1.82, 2.24) is 0 Å². The number of nitrogens with one attached hydrogen (secondary N) is 1. The van der Waals surface area contributed by atoms with Gasteiger partial charge in [-0.1, -0.05) is 0 Å². The molecule has 0 fully saturated rings. The van der Waals surface area contributed by atoms with Gasteiger partial charge in [-0.05, 0) is 36.1 Å². The number of hydrogen-bond donors (Lipinski definition) is 1. The monoisotopic (exact) mass is 277 g/mol. The largest absolute Gasteiger partial charge is 0.497 e. The van der Waals surface area contributed by atoms with E-state index in [4.69, 9.17) is 9.47 Å². The molecule has 1 heterocycles. The van der Waals surface area contributed by atoms with Crippen LogP contribution in [-0.4, -0.2) is 20.1 Å². The highest BCUT2D eigenvalue weighted by Crippen LogP contribution is 2.29. The molecule has 0 radical (unpaired) electrons. The molecule has 0 saturated carbocycles. The third-order valence-corrected chi connectivity index (χ3v) is 3.66. The Kier molecular flexibility index (Phi) is 4.06. The molecule has 0 unspecified atom stereocenters. The number of thiophene rings is 1. The first-order chi connectivity index (χ1) is 9.13. The number of aryl methyl sites for hydroxylation is 1. The first-order valence-electron chi connectivity index (χ1n) is 5.72. The number of methoxy groups -OCH3 is 2. The van der Waals surface area contributed by atoms with E-state index in [9.17, 15) is 4.79 Å². The molecule has 1 aromatic heterocycles. The maximum absolute atomic E-state index is 12.1. The quantitative estimate of drug-likeness (QED) is 0.932. The van der Waals surface area contributed by atoms with Crippen LogP contribution in [0, 0.1) is 6.92 Å². The second-order valence-corrected chi connectivity index (χ2v) is 4.92. The first-order valence-corrected chi connectivity index (χ1v) is 6.60. The second kappa shape index (κ2) is 5.75. The SMILES string of the molecule is COc1ccc(OC)c(NC(=O)c2cc(C)cs2)c1. The summed E-state index contributed by atoms with van der Waals surface area (Å²) in [5, 5.41) is 4.77. The Morgan fingerprint density at radius 2 is 2.00 bits per heavy atom. The van der Waals surface area contributed by atoms with Crippen LogP contribution >= 0.6 is 11.3 Å². The third kappa shape index (κ3) is 3.06. The van der Waals surface area contributed by atoms with Crippen LogP contribution in [0.5, 0.6) is 11.5 Å². The van der Waals surface area contributed by atoms with E-state index in [-0.39, 0.29) is 5.91 Å². The van der Waals surface area contributed by atoms with Gasteiger partial charge in [0.15, 0.2) is 0 Å². The van der Waals surface area contributed by atoms with Gasteiger partial charge in [0, 0.05) is 6.07 Å². The van der Waals surface area contributed by atoms with E-state index in [1.54, 1.807) is 32.4 Å². The molecular weight excluding hydrogens is 262 g/mol. The van der Waals surface area contributed by atoms with Gasteiger partial charge in [0.1, 0.15) is 11.5 Å². The van der Waals surface area contributed by atoms with Gasteiger partial charge < -0.3 is 14.8 Å². The minimum Gasteiger partial charge on any atom is -0.497 e. The number of ether oxygens (including phenoxy) is 2. The molecule has 0 bridgehead atoms. The van der Waals surface area contributed by atoms with Gasteiger partial charge in [-0.2, -0.15) is 0 Å². The lowest BCUT2D eigenvalue weighted by atomic mass is 10.2. The van der Waals surface area contributed by atoms with Crippen molar-refractivity contribution in [1.29, 1.82) is 0 Å². The average molecular weight is 277 g/mol. The number of anilines is 1. The zero-order chi connectivity index (χ0) is 13.8. The highest BCUT2D eigenvalue weighted by atomic mass is 32.1. The van der Waals surface area contributed by atoms with Crippen molar-refractivity contribution in [2.45, 2.75) is 6.92 Å². The van der Waals surface area contributed by atoms with Crippen LogP contribution in [0.15, 0.2) is 29.6 Å². The molecule has 0 aliphatic heterocycles. The lowest BCUT2D eigenvalue weighted by Gasteiger charge is -2.11. The molecular formula is C14H15NO3S. The summed E-state index contributed by atoms with van der Waals surface area (Å²) in [6.45, 7) is 1.96. The fourth-order valence-corrected chi connectivity index (χ4v) is 2.44. The number of amides is 1. The molecule has 2 aromatic rings. The number of benzene rings is 1. The van der Waals surface area contributed by atoms with Crippen molar-refractivity contribution in [3.05, 3.63) is 40.1 Å². The number of hydrogen-bond acceptors (Lipinski definition) is 4. The van der Waals surface area contributed by atoms with Crippen molar-refractivity contribution in [2.24, 2.45) is 0 Å². The molecule has 2 rings (SSSR count). The predicted molar refractivity (Wildman–Crippen MR) is 76.6 cm³/mol. The van der Waals surface area contributed by atoms with Gasteiger partial charge in [0.25, 0.3) is 5.91 Å².